The molecule has 1 atom stereocenters. The first-order valence-corrected chi connectivity index (χ1v) is 12.9. The fourth-order valence-electron chi connectivity index (χ4n) is 3.79. The topological polar surface area (TPSA) is 86.8 Å². The minimum atomic E-state index is -3.52. The monoisotopic (exact) mass is 473 g/mol. The van der Waals surface area contributed by atoms with Crippen LogP contribution in [0.15, 0.2) is 42.5 Å². The molecule has 0 aliphatic heterocycles. The van der Waals surface area contributed by atoms with Crippen LogP contribution in [0.5, 0.6) is 0 Å². The summed E-state index contributed by atoms with van der Waals surface area (Å²) in [6.07, 6.45) is 1.64. The molecule has 0 unspecified atom stereocenters. The molecule has 1 N–H and O–H groups in total. The Kier molecular flexibility index (Phi) is 9.05. The van der Waals surface area contributed by atoms with Crippen LogP contribution < -0.4 is 9.62 Å². The van der Waals surface area contributed by atoms with E-state index >= 15 is 0 Å². The molecule has 33 heavy (non-hydrogen) atoms. The lowest BCUT2D eigenvalue weighted by Crippen LogP contribution is -2.46. The number of rotatable bonds is 10. The van der Waals surface area contributed by atoms with Gasteiger partial charge in [0.15, 0.2) is 0 Å². The lowest BCUT2D eigenvalue weighted by Gasteiger charge is -2.29. The number of hydrogen-bond acceptors (Lipinski definition) is 4. The summed E-state index contributed by atoms with van der Waals surface area (Å²) >= 11 is 0. The van der Waals surface area contributed by atoms with Crippen molar-refractivity contribution in [3.05, 3.63) is 64.7 Å². The Labute approximate surface area is 197 Å². The zero-order chi connectivity index (χ0) is 24.8. The Balaban J connectivity index is 2.18. The van der Waals surface area contributed by atoms with Crippen molar-refractivity contribution in [2.45, 2.75) is 53.1 Å². The fraction of sp³-hybridized carbons (Fsp3) is 0.440. The maximum Gasteiger partial charge on any atom is 0.242 e. The van der Waals surface area contributed by atoms with Gasteiger partial charge in [0.2, 0.25) is 21.8 Å². The second-order valence-corrected chi connectivity index (χ2v) is 10.4. The summed E-state index contributed by atoms with van der Waals surface area (Å²) in [5.41, 5.74) is 4.53. The molecule has 0 fully saturated rings. The summed E-state index contributed by atoms with van der Waals surface area (Å²) in [5, 5.41) is 2.60. The standard InChI is InChI=1S/C25H35N3O4S/c1-18-10-7-12-22(16-18)17-27(21(4)25(30)26-5)24(29)14-9-15-28(33(6,31)32)23-13-8-11-19(2)20(23)3/h7-8,10-13,16,21H,9,14-15,17H2,1-6H3,(H,26,30)/t21-/m0/s1. The predicted octanol–water partition coefficient (Wildman–Crippen LogP) is 3.32. The third-order valence-corrected chi connectivity index (χ3v) is 7.03. The zero-order valence-electron chi connectivity index (χ0n) is 20.4. The van der Waals surface area contributed by atoms with E-state index in [9.17, 15) is 18.0 Å². The quantitative estimate of drug-likeness (QED) is 0.574. The number of likely N-dealkylation sites (N-methyl/N-ethyl adjacent to an activating group) is 1. The van der Waals surface area contributed by atoms with Crippen molar-refractivity contribution in [1.82, 2.24) is 10.2 Å². The molecule has 0 aliphatic carbocycles. The maximum atomic E-state index is 13.2. The fourth-order valence-corrected chi connectivity index (χ4v) is 4.80. The highest BCUT2D eigenvalue weighted by Crippen LogP contribution is 2.25. The average molecular weight is 474 g/mol. The zero-order valence-corrected chi connectivity index (χ0v) is 21.2. The number of sulfonamides is 1. The molecular formula is C25H35N3O4S. The van der Waals surface area contributed by atoms with E-state index < -0.39 is 16.1 Å². The average Bonchev–Trinajstić information content (AvgIpc) is 2.75. The number of hydrogen-bond donors (Lipinski definition) is 1. The van der Waals surface area contributed by atoms with Gasteiger partial charge in [0.05, 0.1) is 11.9 Å². The highest BCUT2D eigenvalue weighted by Gasteiger charge is 2.26. The van der Waals surface area contributed by atoms with Crippen LogP contribution in [0, 0.1) is 20.8 Å². The van der Waals surface area contributed by atoms with Gasteiger partial charge in [-0.2, -0.15) is 0 Å². The van der Waals surface area contributed by atoms with Gasteiger partial charge in [-0.1, -0.05) is 42.0 Å². The highest BCUT2D eigenvalue weighted by molar-refractivity contribution is 7.92. The molecule has 180 valence electrons. The normalized spacial score (nSPS) is 12.2. The summed E-state index contributed by atoms with van der Waals surface area (Å²) in [4.78, 5) is 27.0. The number of anilines is 1. The van der Waals surface area contributed by atoms with E-state index in [0.717, 1.165) is 22.3 Å². The van der Waals surface area contributed by atoms with Crippen molar-refractivity contribution >= 4 is 27.5 Å². The second-order valence-electron chi connectivity index (χ2n) is 8.46. The molecule has 0 spiro atoms. The molecule has 0 radical (unpaired) electrons. The molecule has 0 bridgehead atoms. The molecule has 2 aromatic carbocycles. The number of nitrogens with one attached hydrogen (secondary N) is 1. The third kappa shape index (κ3) is 7.05. The van der Waals surface area contributed by atoms with E-state index in [2.05, 4.69) is 5.32 Å². The first-order valence-electron chi connectivity index (χ1n) is 11.1. The Bertz CT molecular complexity index is 1100. The number of nitrogens with zero attached hydrogens (tertiary/aromatic N) is 2. The van der Waals surface area contributed by atoms with Crippen molar-refractivity contribution < 1.29 is 18.0 Å². The van der Waals surface area contributed by atoms with Crippen LogP contribution in [-0.2, 0) is 26.2 Å². The predicted molar refractivity (Wildman–Crippen MR) is 133 cm³/mol. The summed E-state index contributed by atoms with van der Waals surface area (Å²) in [6.45, 7) is 7.99. The van der Waals surface area contributed by atoms with Gasteiger partial charge in [-0.25, -0.2) is 8.42 Å². The summed E-state index contributed by atoms with van der Waals surface area (Å²) in [6, 6.07) is 12.7. The number of aryl methyl sites for hydroxylation is 2. The van der Waals surface area contributed by atoms with Gasteiger partial charge in [-0.15, -0.1) is 0 Å². The molecule has 2 amide bonds. The number of carbonyl (C=O) groups is 2. The van der Waals surface area contributed by atoms with Crippen LogP contribution in [-0.4, -0.2) is 51.0 Å². The lowest BCUT2D eigenvalue weighted by atomic mass is 10.1. The van der Waals surface area contributed by atoms with Gasteiger partial charge in [0, 0.05) is 26.6 Å². The van der Waals surface area contributed by atoms with E-state index in [1.807, 2.05) is 57.2 Å². The minimum absolute atomic E-state index is 0.129. The van der Waals surface area contributed by atoms with Crippen LogP contribution in [0.2, 0.25) is 0 Å². The summed E-state index contributed by atoms with van der Waals surface area (Å²) in [5.74, 6) is -0.439. The van der Waals surface area contributed by atoms with Gasteiger partial charge in [-0.3, -0.25) is 13.9 Å². The van der Waals surface area contributed by atoms with Crippen LogP contribution >= 0.6 is 0 Å². The first kappa shape index (κ1) is 26.4. The SMILES string of the molecule is CNC(=O)[C@H](C)N(Cc1cccc(C)c1)C(=O)CCCN(c1cccc(C)c1C)S(C)(=O)=O. The van der Waals surface area contributed by atoms with Gasteiger partial charge in [-0.05, 0) is 56.9 Å². The Morgan fingerprint density at radius 3 is 2.33 bits per heavy atom. The third-order valence-electron chi connectivity index (χ3n) is 5.85. The minimum Gasteiger partial charge on any atom is -0.357 e. The van der Waals surface area contributed by atoms with Gasteiger partial charge in [0.25, 0.3) is 0 Å². The number of amides is 2. The van der Waals surface area contributed by atoms with Crippen molar-refractivity contribution in [3.63, 3.8) is 0 Å². The smallest absolute Gasteiger partial charge is 0.242 e. The Morgan fingerprint density at radius 1 is 1.06 bits per heavy atom. The Morgan fingerprint density at radius 2 is 1.73 bits per heavy atom. The molecule has 7 nitrogen and oxygen atoms in total. The van der Waals surface area contributed by atoms with E-state index in [-0.39, 0.29) is 24.8 Å². The molecular weight excluding hydrogens is 438 g/mol. The van der Waals surface area contributed by atoms with Crippen molar-refractivity contribution in [1.29, 1.82) is 0 Å². The molecule has 0 aromatic heterocycles. The summed E-state index contributed by atoms with van der Waals surface area (Å²) < 4.78 is 26.3. The molecule has 0 saturated heterocycles. The van der Waals surface area contributed by atoms with Gasteiger partial charge in [0.1, 0.15) is 6.04 Å². The molecule has 0 aliphatic rings. The highest BCUT2D eigenvalue weighted by atomic mass is 32.2. The van der Waals surface area contributed by atoms with Gasteiger partial charge >= 0.3 is 0 Å². The van der Waals surface area contributed by atoms with Crippen LogP contribution in [0.4, 0.5) is 5.69 Å². The van der Waals surface area contributed by atoms with E-state index in [0.29, 0.717) is 18.7 Å². The largest absolute Gasteiger partial charge is 0.357 e. The van der Waals surface area contributed by atoms with Crippen molar-refractivity contribution in [3.8, 4) is 0 Å². The van der Waals surface area contributed by atoms with Crippen molar-refractivity contribution in [2.24, 2.45) is 0 Å². The summed E-state index contributed by atoms with van der Waals surface area (Å²) in [7, 11) is -1.97. The maximum absolute atomic E-state index is 13.2. The number of carbonyl (C=O) groups excluding carboxylic acids is 2. The second kappa shape index (κ2) is 11.3. The Hall–Kier alpha value is -2.87. The molecule has 0 heterocycles. The molecule has 2 aromatic rings. The van der Waals surface area contributed by atoms with E-state index in [1.165, 1.54) is 10.6 Å². The van der Waals surface area contributed by atoms with Gasteiger partial charge < -0.3 is 10.2 Å². The van der Waals surface area contributed by atoms with E-state index in [1.54, 1.807) is 24.9 Å². The van der Waals surface area contributed by atoms with E-state index in [4.69, 9.17) is 0 Å². The lowest BCUT2D eigenvalue weighted by molar-refractivity contribution is -0.140. The van der Waals surface area contributed by atoms with Crippen LogP contribution in [0.1, 0.15) is 42.0 Å². The molecule has 8 heteroatoms. The first-order chi connectivity index (χ1) is 15.5. The molecule has 2 rings (SSSR count). The van der Waals surface area contributed by atoms with Crippen LogP contribution in [0.25, 0.3) is 0 Å². The van der Waals surface area contributed by atoms with Crippen molar-refractivity contribution in [2.75, 3.05) is 24.2 Å². The molecule has 0 saturated carbocycles. The number of benzene rings is 2. The van der Waals surface area contributed by atoms with Crippen LogP contribution in [0.3, 0.4) is 0 Å².